The molecule has 3 heterocycles. The highest BCUT2D eigenvalue weighted by molar-refractivity contribution is 8.08. The van der Waals surface area contributed by atoms with Crippen LogP contribution in [0.5, 0.6) is 0 Å². The molecule has 0 atom stereocenters. The molecule has 3 rings (SSSR count). The number of rotatable bonds is 0. The Balaban J connectivity index is 2.32. The van der Waals surface area contributed by atoms with Crippen LogP contribution in [-0.2, 0) is 29.9 Å². The molecule has 0 radical (unpaired) electrons. The zero-order valence-electron chi connectivity index (χ0n) is 5.06. The van der Waals surface area contributed by atoms with Crippen LogP contribution in [0.15, 0.2) is 0 Å². The van der Waals surface area contributed by atoms with Gasteiger partial charge in [0.25, 0.3) is 0 Å². The van der Waals surface area contributed by atoms with Crippen molar-refractivity contribution in [2.75, 3.05) is 19.0 Å². The molecular formula is C3H6O4P2S. The van der Waals surface area contributed by atoms with Gasteiger partial charge >= 0.3 is 6.72 Å². The molecule has 0 aromatic rings. The highest BCUT2D eigenvalue weighted by atomic mass is 32.5. The fourth-order valence-electron chi connectivity index (χ4n) is 0.751. The highest BCUT2D eigenvalue weighted by Gasteiger charge is 2.43. The van der Waals surface area contributed by atoms with Crippen molar-refractivity contribution in [3.63, 3.8) is 0 Å². The van der Waals surface area contributed by atoms with Gasteiger partial charge in [0.1, 0.15) is 19.0 Å². The summed E-state index contributed by atoms with van der Waals surface area (Å²) in [5, 5.41) is 0. The molecule has 0 spiro atoms. The Bertz CT molecular complexity index is 187. The number of fused-ring (bicyclic) bond motifs is 3. The van der Waals surface area contributed by atoms with Gasteiger partial charge in [-0.1, -0.05) is 0 Å². The van der Waals surface area contributed by atoms with E-state index in [0.29, 0.717) is 0 Å². The molecule has 3 aliphatic rings. The minimum absolute atomic E-state index is 0.254. The lowest BCUT2D eigenvalue weighted by molar-refractivity contribution is 0.157. The van der Waals surface area contributed by atoms with Gasteiger partial charge in [-0.25, -0.2) is 0 Å². The standard InChI is InChI=1S/C3H6O4P2S/c4-8-1-5-9(10,6-2-8)7-3-8/h1-3H2. The first-order chi connectivity index (χ1) is 4.62. The molecule has 0 aromatic heterocycles. The third-order valence-electron chi connectivity index (χ3n) is 1.35. The average Bonchev–Trinajstić information content (AvgIpc) is 1.93. The van der Waals surface area contributed by atoms with Gasteiger partial charge in [0.15, 0.2) is 7.14 Å². The first kappa shape index (κ1) is 7.41. The van der Waals surface area contributed by atoms with Crippen LogP contribution in [0.25, 0.3) is 0 Å². The Morgan fingerprint density at radius 1 is 1.10 bits per heavy atom. The molecule has 7 heteroatoms. The van der Waals surface area contributed by atoms with E-state index in [1.165, 1.54) is 0 Å². The monoisotopic (exact) mass is 200 g/mol. The lowest BCUT2D eigenvalue weighted by Crippen LogP contribution is -2.20. The Labute approximate surface area is 63.5 Å². The van der Waals surface area contributed by atoms with Crippen LogP contribution in [0.1, 0.15) is 0 Å². The van der Waals surface area contributed by atoms with Gasteiger partial charge in [-0.05, 0) is 11.8 Å². The van der Waals surface area contributed by atoms with Crippen molar-refractivity contribution in [2.45, 2.75) is 0 Å². The molecule has 0 amide bonds. The topological polar surface area (TPSA) is 44.8 Å². The van der Waals surface area contributed by atoms with E-state index < -0.39 is 13.9 Å². The lowest BCUT2D eigenvalue weighted by atomic mass is 11.6. The van der Waals surface area contributed by atoms with E-state index in [-0.39, 0.29) is 19.0 Å². The zero-order chi connectivity index (χ0) is 7.24. The van der Waals surface area contributed by atoms with Crippen molar-refractivity contribution in [1.29, 1.82) is 0 Å². The maximum absolute atomic E-state index is 11.4. The molecule has 10 heavy (non-hydrogen) atoms. The first-order valence-electron chi connectivity index (χ1n) is 2.73. The molecule has 0 aliphatic carbocycles. The average molecular weight is 200 g/mol. The van der Waals surface area contributed by atoms with E-state index in [0.717, 1.165) is 0 Å². The largest absolute Gasteiger partial charge is 0.328 e. The van der Waals surface area contributed by atoms with E-state index in [2.05, 4.69) is 0 Å². The van der Waals surface area contributed by atoms with Crippen molar-refractivity contribution in [1.82, 2.24) is 0 Å². The van der Waals surface area contributed by atoms with Crippen molar-refractivity contribution < 1.29 is 18.1 Å². The molecule has 0 N–H and O–H groups in total. The van der Waals surface area contributed by atoms with Gasteiger partial charge in [-0.15, -0.1) is 0 Å². The van der Waals surface area contributed by atoms with Gasteiger partial charge in [-0.3, -0.25) is 0 Å². The lowest BCUT2D eigenvalue weighted by Gasteiger charge is -2.36. The van der Waals surface area contributed by atoms with Crippen LogP contribution in [0.3, 0.4) is 0 Å². The van der Waals surface area contributed by atoms with E-state index in [4.69, 9.17) is 25.4 Å². The molecule has 0 saturated carbocycles. The smallest absolute Gasteiger partial charge is 0.316 e. The highest BCUT2D eigenvalue weighted by Crippen LogP contribution is 2.69. The fraction of sp³-hybridized carbons (Fsp3) is 1.00. The van der Waals surface area contributed by atoms with Crippen molar-refractivity contribution in [3.05, 3.63) is 0 Å². The van der Waals surface area contributed by atoms with Crippen LogP contribution in [0, 0.1) is 0 Å². The van der Waals surface area contributed by atoms with E-state index in [1.54, 1.807) is 0 Å². The molecule has 3 aliphatic heterocycles. The van der Waals surface area contributed by atoms with Crippen LogP contribution in [-0.4, -0.2) is 19.0 Å². The van der Waals surface area contributed by atoms with E-state index in [9.17, 15) is 4.57 Å². The van der Waals surface area contributed by atoms with Gasteiger partial charge in [0.05, 0.1) is 0 Å². The first-order valence-corrected chi connectivity index (χ1v) is 7.55. The summed E-state index contributed by atoms with van der Waals surface area (Å²) in [6.45, 7) is -2.41. The van der Waals surface area contributed by atoms with Gasteiger partial charge in [-0.2, -0.15) is 0 Å². The molecular weight excluding hydrogens is 194 g/mol. The van der Waals surface area contributed by atoms with E-state index in [1.807, 2.05) is 0 Å². The number of hydrogen-bond donors (Lipinski definition) is 0. The Morgan fingerprint density at radius 2 is 1.50 bits per heavy atom. The minimum Gasteiger partial charge on any atom is -0.316 e. The fourth-order valence-corrected chi connectivity index (χ4v) is 6.69. The summed E-state index contributed by atoms with van der Waals surface area (Å²) < 4.78 is 26.3. The van der Waals surface area contributed by atoms with Crippen LogP contribution in [0.4, 0.5) is 0 Å². The normalized spacial score (nSPS) is 53.2. The second-order valence-electron chi connectivity index (χ2n) is 2.28. The third-order valence-corrected chi connectivity index (χ3v) is 6.05. The molecule has 4 nitrogen and oxygen atoms in total. The zero-order valence-corrected chi connectivity index (χ0v) is 7.66. The van der Waals surface area contributed by atoms with Gasteiger partial charge in [0.2, 0.25) is 0 Å². The summed E-state index contributed by atoms with van der Waals surface area (Å²) in [6.07, 6.45) is 0.763. The van der Waals surface area contributed by atoms with Crippen LogP contribution < -0.4 is 0 Å². The quantitative estimate of drug-likeness (QED) is 0.554. The van der Waals surface area contributed by atoms with Crippen LogP contribution in [0.2, 0.25) is 0 Å². The maximum atomic E-state index is 11.4. The van der Waals surface area contributed by atoms with Crippen molar-refractivity contribution in [2.24, 2.45) is 0 Å². The summed E-state index contributed by atoms with van der Waals surface area (Å²) in [5.74, 6) is 0. The summed E-state index contributed by atoms with van der Waals surface area (Å²) in [5.41, 5.74) is 0. The summed E-state index contributed by atoms with van der Waals surface area (Å²) in [7, 11) is -2.28. The van der Waals surface area contributed by atoms with E-state index >= 15 is 0 Å². The summed E-state index contributed by atoms with van der Waals surface area (Å²) in [4.78, 5) is 0. The Hall–Kier alpha value is 0.760. The van der Waals surface area contributed by atoms with Crippen molar-refractivity contribution >= 4 is 25.7 Å². The van der Waals surface area contributed by atoms with Gasteiger partial charge < -0.3 is 18.1 Å². The third kappa shape index (κ3) is 1.11. The predicted molar refractivity (Wildman–Crippen MR) is 39.7 cm³/mol. The minimum atomic E-state index is -2.41. The molecule has 0 unspecified atom stereocenters. The number of hydrogen-bond acceptors (Lipinski definition) is 5. The van der Waals surface area contributed by atoms with Crippen molar-refractivity contribution in [3.8, 4) is 0 Å². The summed E-state index contributed by atoms with van der Waals surface area (Å²) in [6, 6.07) is 0. The molecule has 0 aromatic carbocycles. The molecule has 58 valence electrons. The van der Waals surface area contributed by atoms with Crippen LogP contribution >= 0.6 is 13.9 Å². The molecule has 2 bridgehead atoms. The summed E-state index contributed by atoms with van der Waals surface area (Å²) >= 11 is 4.87. The Kier molecular flexibility index (Phi) is 1.58. The molecule has 3 fully saturated rings. The maximum Gasteiger partial charge on any atom is 0.328 e. The molecule has 3 saturated heterocycles. The van der Waals surface area contributed by atoms with Gasteiger partial charge in [0, 0.05) is 0 Å². The second kappa shape index (κ2) is 2.13. The Morgan fingerprint density at radius 3 is 1.80 bits per heavy atom. The predicted octanol–water partition coefficient (Wildman–Crippen LogP) is 1.52. The SMILES string of the molecule is O=P12COP(=S)(OC1)OC2. The second-order valence-corrected chi connectivity index (χ2v) is 8.18.